The zero-order valence-electron chi connectivity index (χ0n) is 9.74. The highest BCUT2D eigenvalue weighted by molar-refractivity contribution is 7.16. The number of nitrogens with two attached hydrogens (primary N) is 1. The lowest BCUT2D eigenvalue weighted by Crippen LogP contribution is -2.18. The summed E-state index contributed by atoms with van der Waals surface area (Å²) in [6.45, 7) is 0.185. The van der Waals surface area contributed by atoms with Gasteiger partial charge in [-0.1, -0.05) is 11.3 Å². The third-order valence-corrected chi connectivity index (χ3v) is 4.39. The first kappa shape index (κ1) is 11.6. The fourth-order valence-corrected chi connectivity index (χ4v) is 3.48. The predicted octanol–water partition coefficient (Wildman–Crippen LogP) is 0.769. The summed E-state index contributed by atoms with van der Waals surface area (Å²) in [6.07, 6.45) is 4.28. The molecule has 2 aromatic heterocycles. The van der Waals surface area contributed by atoms with Crippen molar-refractivity contribution in [3.05, 3.63) is 15.9 Å². The average Bonchev–Trinajstić information content (AvgIpc) is 2.92. The van der Waals surface area contributed by atoms with Crippen molar-refractivity contribution >= 4 is 27.6 Å². The molecule has 0 bridgehead atoms. The van der Waals surface area contributed by atoms with Crippen molar-refractivity contribution in [3.63, 3.8) is 0 Å². The lowest BCUT2D eigenvalue weighted by molar-refractivity contribution is 0.226. The van der Waals surface area contributed by atoms with Gasteiger partial charge in [-0.25, -0.2) is 4.98 Å². The molecule has 0 radical (unpaired) electrons. The lowest BCUT2D eigenvalue weighted by atomic mass is 10.1. The number of aliphatic hydroxyl groups is 1. The predicted molar refractivity (Wildman–Crippen MR) is 69.6 cm³/mol. The number of thiazole rings is 1. The highest BCUT2D eigenvalue weighted by atomic mass is 32.1. The number of aromatic nitrogens is 3. The zero-order valence-corrected chi connectivity index (χ0v) is 10.6. The second-order valence-electron chi connectivity index (χ2n) is 4.67. The molecule has 0 aromatic carbocycles. The van der Waals surface area contributed by atoms with Gasteiger partial charge in [0, 0.05) is 12.6 Å². The molecule has 0 aliphatic heterocycles. The Bertz CT molecular complexity index is 635. The Morgan fingerprint density at radius 3 is 3.11 bits per heavy atom. The van der Waals surface area contributed by atoms with E-state index in [1.165, 1.54) is 0 Å². The van der Waals surface area contributed by atoms with Gasteiger partial charge in [0.05, 0.1) is 10.9 Å². The van der Waals surface area contributed by atoms with Gasteiger partial charge in [0.25, 0.3) is 0 Å². The topological polar surface area (TPSA) is 94.0 Å². The first-order valence-electron chi connectivity index (χ1n) is 5.93. The standard InChI is InChI=1S/C11H14N4O2S/c12-10-13-4-8-9(14-10)15(11(17)18-8)7-2-1-6(3-7)5-16/h4,6-7,16H,1-3,5H2,(H2,12,13,14)/t6-,7+/m1/s1. The van der Waals surface area contributed by atoms with Gasteiger partial charge in [-0.05, 0) is 25.2 Å². The maximum atomic E-state index is 12.0. The molecule has 0 amide bonds. The first-order chi connectivity index (χ1) is 8.69. The van der Waals surface area contributed by atoms with E-state index in [1.807, 2.05) is 0 Å². The van der Waals surface area contributed by atoms with Crippen molar-refractivity contribution in [1.29, 1.82) is 0 Å². The van der Waals surface area contributed by atoms with E-state index in [-0.39, 0.29) is 29.4 Å². The van der Waals surface area contributed by atoms with E-state index in [0.29, 0.717) is 5.65 Å². The van der Waals surface area contributed by atoms with Gasteiger partial charge >= 0.3 is 4.87 Å². The molecule has 2 heterocycles. The number of aliphatic hydroxyl groups excluding tert-OH is 1. The molecule has 3 N–H and O–H groups in total. The molecule has 18 heavy (non-hydrogen) atoms. The Balaban J connectivity index is 2.08. The Morgan fingerprint density at radius 1 is 1.56 bits per heavy atom. The summed E-state index contributed by atoms with van der Waals surface area (Å²) in [5, 5.41) is 9.18. The molecule has 1 aliphatic rings. The Morgan fingerprint density at radius 2 is 2.39 bits per heavy atom. The SMILES string of the molecule is Nc1ncc2sc(=O)n([C@H]3CC[C@@H](CO)C3)c2n1. The number of fused-ring (bicyclic) bond motifs is 1. The Hall–Kier alpha value is -1.47. The van der Waals surface area contributed by atoms with E-state index in [0.717, 1.165) is 35.3 Å². The highest BCUT2D eigenvalue weighted by Gasteiger charge is 2.28. The monoisotopic (exact) mass is 266 g/mol. The lowest BCUT2D eigenvalue weighted by Gasteiger charge is -2.11. The van der Waals surface area contributed by atoms with Crippen LogP contribution in [0.1, 0.15) is 25.3 Å². The van der Waals surface area contributed by atoms with Gasteiger partial charge in [0.2, 0.25) is 5.95 Å². The van der Waals surface area contributed by atoms with Crippen molar-refractivity contribution in [1.82, 2.24) is 14.5 Å². The van der Waals surface area contributed by atoms with Crippen LogP contribution < -0.4 is 10.6 Å². The number of anilines is 1. The van der Waals surface area contributed by atoms with Gasteiger partial charge in [-0.15, -0.1) is 0 Å². The molecular weight excluding hydrogens is 252 g/mol. The molecule has 1 aliphatic carbocycles. The molecule has 6 nitrogen and oxygen atoms in total. The molecule has 0 spiro atoms. The third kappa shape index (κ3) is 1.79. The van der Waals surface area contributed by atoms with Crippen molar-refractivity contribution in [2.75, 3.05) is 12.3 Å². The van der Waals surface area contributed by atoms with Gasteiger partial charge in [-0.2, -0.15) is 4.98 Å². The number of rotatable bonds is 2. The summed E-state index contributed by atoms with van der Waals surface area (Å²) in [6, 6.07) is 0.123. The first-order valence-corrected chi connectivity index (χ1v) is 6.75. The minimum absolute atomic E-state index is 0.0199. The minimum Gasteiger partial charge on any atom is -0.396 e. The normalized spacial score (nSPS) is 23.8. The zero-order chi connectivity index (χ0) is 12.7. The summed E-state index contributed by atoms with van der Waals surface area (Å²) in [7, 11) is 0. The third-order valence-electron chi connectivity index (χ3n) is 3.51. The van der Waals surface area contributed by atoms with Crippen LogP contribution in [0.5, 0.6) is 0 Å². The smallest absolute Gasteiger partial charge is 0.309 e. The highest BCUT2D eigenvalue weighted by Crippen LogP contribution is 2.35. The summed E-state index contributed by atoms with van der Waals surface area (Å²) in [5.74, 6) is 0.474. The van der Waals surface area contributed by atoms with Crippen LogP contribution in [0.4, 0.5) is 5.95 Å². The summed E-state index contributed by atoms with van der Waals surface area (Å²) >= 11 is 1.15. The number of hydrogen-bond acceptors (Lipinski definition) is 6. The summed E-state index contributed by atoms with van der Waals surface area (Å²) in [4.78, 5) is 20.1. The molecule has 1 saturated carbocycles. The van der Waals surface area contributed by atoms with E-state index in [1.54, 1.807) is 10.8 Å². The fraction of sp³-hybridized carbons (Fsp3) is 0.545. The molecule has 0 saturated heterocycles. The van der Waals surface area contributed by atoms with Crippen molar-refractivity contribution < 1.29 is 5.11 Å². The van der Waals surface area contributed by atoms with Crippen molar-refractivity contribution in [2.45, 2.75) is 25.3 Å². The van der Waals surface area contributed by atoms with Gasteiger partial charge in [-0.3, -0.25) is 9.36 Å². The van der Waals surface area contributed by atoms with E-state index in [2.05, 4.69) is 9.97 Å². The van der Waals surface area contributed by atoms with Crippen LogP contribution in [-0.4, -0.2) is 26.2 Å². The summed E-state index contributed by atoms with van der Waals surface area (Å²) < 4.78 is 2.48. The van der Waals surface area contributed by atoms with Gasteiger partial charge in [0.1, 0.15) is 0 Å². The van der Waals surface area contributed by atoms with Crippen LogP contribution in [0.3, 0.4) is 0 Å². The maximum absolute atomic E-state index is 12.0. The van der Waals surface area contributed by atoms with Crippen LogP contribution >= 0.6 is 11.3 Å². The summed E-state index contributed by atoms with van der Waals surface area (Å²) in [5.41, 5.74) is 6.21. The van der Waals surface area contributed by atoms with E-state index in [4.69, 9.17) is 5.73 Å². The Kier molecular flexibility index (Phi) is 2.79. The average molecular weight is 266 g/mol. The number of hydrogen-bond donors (Lipinski definition) is 2. The molecule has 3 rings (SSSR count). The van der Waals surface area contributed by atoms with Crippen LogP contribution in [0, 0.1) is 5.92 Å². The number of nitrogens with zero attached hydrogens (tertiary/aromatic N) is 3. The Labute approximate surface area is 107 Å². The quantitative estimate of drug-likeness (QED) is 0.837. The fourth-order valence-electron chi connectivity index (χ4n) is 2.62. The van der Waals surface area contributed by atoms with Crippen LogP contribution in [0.25, 0.3) is 10.3 Å². The maximum Gasteiger partial charge on any atom is 0.309 e. The van der Waals surface area contributed by atoms with Crippen LogP contribution in [-0.2, 0) is 0 Å². The van der Waals surface area contributed by atoms with E-state index in [9.17, 15) is 9.90 Å². The number of nitrogen functional groups attached to an aromatic ring is 1. The molecule has 1 fully saturated rings. The largest absolute Gasteiger partial charge is 0.396 e. The second-order valence-corrected chi connectivity index (χ2v) is 5.66. The van der Waals surface area contributed by atoms with E-state index >= 15 is 0 Å². The van der Waals surface area contributed by atoms with Gasteiger partial charge in [0.15, 0.2) is 5.65 Å². The molecule has 0 unspecified atom stereocenters. The van der Waals surface area contributed by atoms with Crippen molar-refractivity contribution in [2.24, 2.45) is 5.92 Å². The molecule has 2 atom stereocenters. The van der Waals surface area contributed by atoms with Crippen molar-refractivity contribution in [3.8, 4) is 0 Å². The van der Waals surface area contributed by atoms with Crippen LogP contribution in [0.2, 0.25) is 0 Å². The molecule has 7 heteroatoms. The van der Waals surface area contributed by atoms with Crippen LogP contribution in [0.15, 0.2) is 11.0 Å². The van der Waals surface area contributed by atoms with Gasteiger partial charge < -0.3 is 10.8 Å². The second kappa shape index (κ2) is 4.33. The van der Waals surface area contributed by atoms with E-state index < -0.39 is 0 Å². The molecule has 96 valence electrons. The molecular formula is C11H14N4O2S. The minimum atomic E-state index is -0.0199. The molecule has 2 aromatic rings.